The molecule has 0 amide bonds. The highest BCUT2D eigenvalue weighted by atomic mass is 19.1. The van der Waals surface area contributed by atoms with E-state index in [2.05, 4.69) is 5.32 Å². The van der Waals surface area contributed by atoms with E-state index in [4.69, 9.17) is 9.47 Å². The van der Waals surface area contributed by atoms with Crippen LogP contribution in [0.1, 0.15) is 12.0 Å². The number of nitrogens with one attached hydrogen (secondary N) is 1. The minimum absolute atomic E-state index is 0.181. The molecule has 2 N–H and O–H groups in total. The lowest BCUT2D eigenvalue weighted by Crippen LogP contribution is -2.33. The van der Waals surface area contributed by atoms with E-state index in [1.165, 1.54) is 6.07 Å². The first-order valence-corrected chi connectivity index (χ1v) is 7.03. The Hall–Kier alpha value is -1.01. The normalized spacial score (nSPS) is 20.2. The molecule has 112 valence electrons. The fraction of sp³-hybridized carbons (Fsp3) is 0.600. The largest absolute Gasteiger partial charge is 0.389 e. The Balaban J connectivity index is 1.55. The van der Waals surface area contributed by atoms with Gasteiger partial charge in [0.1, 0.15) is 5.82 Å². The lowest BCUT2D eigenvalue weighted by atomic mass is 10.1. The van der Waals surface area contributed by atoms with Crippen molar-refractivity contribution in [3.63, 3.8) is 0 Å². The first kappa shape index (κ1) is 15.4. The fourth-order valence-electron chi connectivity index (χ4n) is 2.18. The summed E-state index contributed by atoms with van der Waals surface area (Å²) in [7, 11) is 0. The maximum absolute atomic E-state index is 13.3. The molecule has 1 aliphatic rings. The van der Waals surface area contributed by atoms with Crippen LogP contribution in [0.3, 0.4) is 0 Å². The third kappa shape index (κ3) is 5.17. The number of ether oxygens (including phenoxy) is 2. The van der Waals surface area contributed by atoms with E-state index in [-0.39, 0.29) is 19.0 Å². The van der Waals surface area contributed by atoms with Gasteiger partial charge in [0.15, 0.2) is 0 Å². The van der Waals surface area contributed by atoms with Crippen molar-refractivity contribution >= 4 is 0 Å². The molecule has 1 heterocycles. The van der Waals surface area contributed by atoms with E-state index < -0.39 is 6.10 Å². The van der Waals surface area contributed by atoms with E-state index in [1.807, 2.05) is 0 Å². The molecule has 1 aromatic rings. The summed E-state index contributed by atoms with van der Waals surface area (Å²) in [5.41, 5.74) is 0.510. The van der Waals surface area contributed by atoms with Crippen molar-refractivity contribution in [1.82, 2.24) is 5.32 Å². The summed E-state index contributed by atoms with van der Waals surface area (Å²) in [6.45, 7) is 3.34. The second-order valence-electron chi connectivity index (χ2n) is 5.15. The van der Waals surface area contributed by atoms with Crippen molar-refractivity contribution in [3.8, 4) is 0 Å². The van der Waals surface area contributed by atoms with Gasteiger partial charge in [-0.25, -0.2) is 4.39 Å². The third-order valence-electron chi connectivity index (χ3n) is 3.36. The van der Waals surface area contributed by atoms with Gasteiger partial charge >= 0.3 is 0 Å². The first-order valence-electron chi connectivity index (χ1n) is 7.03. The molecule has 2 atom stereocenters. The SMILES string of the molecule is OC(CNCC1CCOC1)COCc1ccccc1F. The highest BCUT2D eigenvalue weighted by Crippen LogP contribution is 2.10. The number of aliphatic hydroxyl groups excluding tert-OH is 1. The lowest BCUT2D eigenvalue weighted by Gasteiger charge is -2.14. The van der Waals surface area contributed by atoms with Gasteiger partial charge in [0, 0.05) is 25.3 Å². The Morgan fingerprint density at radius 3 is 3.05 bits per heavy atom. The van der Waals surface area contributed by atoms with Gasteiger partial charge in [0.2, 0.25) is 0 Å². The maximum Gasteiger partial charge on any atom is 0.128 e. The van der Waals surface area contributed by atoms with Crippen molar-refractivity contribution in [2.75, 3.05) is 32.9 Å². The summed E-state index contributed by atoms with van der Waals surface area (Å²) < 4.78 is 23.9. The summed E-state index contributed by atoms with van der Waals surface area (Å²) in [5, 5.41) is 13.0. The molecule has 0 aliphatic carbocycles. The molecule has 0 radical (unpaired) electrons. The second-order valence-corrected chi connectivity index (χ2v) is 5.15. The van der Waals surface area contributed by atoms with Crippen LogP contribution in [-0.2, 0) is 16.1 Å². The van der Waals surface area contributed by atoms with Gasteiger partial charge in [0.05, 0.1) is 25.9 Å². The lowest BCUT2D eigenvalue weighted by molar-refractivity contribution is 0.0275. The zero-order chi connectivity index (χ0) is 14.2. The van der Waals surface area contributed by atoms with E-state index in [1.54, 1.807) is 18.2 Å². The van der Waals surface area contributed by atoms with Crippen molar-refractivity contribution in [2.24, 2.45) is 5.92 Å². The van der Waals surface area contributed by atoms with Crippen LogP contribution in [0, 0.1) is 11.7 Å². The van der Waals surface area contributed by atoms with Crippen LogP contribution in [0.2, 0.25) is 0 Å². The Morgan fingerprint density at radius 1 is 1.45 bits per heavy atom. The molecular formula is C15H22FNO3. The molecule has 0 bridgehead atoms. The Morgan fingerprint density at radius 2 is 2.30 bits per heavy atom. The van der Waals surface area contributed by atoms with Crippen LogP contribution in [0.15, 0.2) is 24.3 Å². The Kier molecular flexibility index (Phi) is 6.39. The second kappa shape index (κ2) is 8.32. The minimum Gasteiger partial charge on any atom is -0.389 e. The van der Waals surface area contributed by atoms with Gasteiger partial charge in [-0.15, -0.1) is 0 Å². The average molecular weight is 283 g/mol. The topological polar surface area (TPSA) is 50.7 Å². The standard InChI is InChI=1S/C15H22FNO3/c16-15-4-2-1-3-13(15)10-20-11-14(18)8-17-7-12-5-6-19-9-12/h1-4,12,14,17-18H,5-11H2. The molecule has 1 aliphatic heterocycles. The monoisotopic (exact) mass is 283 g/mol. The van der Waals surface area contributed by atoms with Crippen LogP contribution in [0.25, 0.3) is 0 Å². The number of hydrogen-bond donors (Lipinski definition) is 2. The van der Waals surface area contributed by atoms with Crippen molar-refractivity contribution in [1.29, 1.82) is 0 Å². The third-order valence-corrected chi connectivity index (χ3v) is 3.36. The molecule has 5 heteroatoms. The summed E-state index contributed by atoms with van der Waals surface area (Å²) in [5.74, 6) is 0.267. The molecule has 4 nitrogen and oxygen atoms in total. The number of aliphatic hydroxyl groups is 1. The average Bonchev–Trinajstić information content (AvgIpc) is 2.94. The van der Waals surface area contributed by atoms with Crippen molar-refractivity contribution < 1.29 is 19.0 Å². The number of benzene rings is 1. The molecule has 1 saturated heterocycles. The molecule has 1 fully saturated rings. The van der Waals surface area contributed by atoms with Crippen LogP contribution in [0.5, 0.6) is 0 Å². The smallest absolute Gasteiger partial charge is 0.128 e. The maximum atomic E-state index is 13.3. The van der Waals surface area contributed by atoms with Gasteiger partial charge in [-0.1, -0.05) is 18.2 Å². The number of rotatable bonds is 8. The van der Waals surface area contributed by atoms with Gasteiger partial charge in [0.25, 0.3) is 0 Å². The molecule has 1 aromatic carbocycles. The minimum atomic E-state index is -0.580. The van der Waals surface area contributed by atoms with Gasteiger partial charge in [-0.2, -0.15) is 0 Å². The molecule has 20 heavy (non-hydrogen) atoms. The fourth-order valence-corrected chi connectivity index (χ4v) is 2.18. The number of hydrogen-bond acceptors (Lipinski definition) is 4. The molecular weight excluding hydrogens is 261 g/mol. The highest BCUT2D eigenvalue weighted by Gasteiger charge is 2.15. The summed E-state index contributed by atoms with van der Waals surface area (Å²) >= 11 is 0. The zero-order valence-corrected chi connectivity index (χ0v) is 11.6. The summed E-state index contributed by atoms with van der Waals surface area (Å²) in [6.07, 6.45) is 0.497. The van der Waals surface area contributed by atoms with E-state index in [0.29, 0.717) is 18.0 Å². The quantitative estimate of drug-likeness (QED) is 0.756. The first-order chi connectivity index (χ1) is 9.75. The van der Waals surface area contributed by atoms with E-state index >= 15 is 0 Å². The van der Waals surface area contributed by atoms with Crippen LogP contribution in [0.4, 0.5) is 4.39 Å². The molecule has 0 spiro atoms. The predicted molar refractivity (Wildman–Crippen MR) is 73.9 cm³/mol. The molecule has 2 rings (SSSR count). The van der Waals surface area contributed by atoms with Gasteiger partial charge in [-0.05, 0) is 18.4 Å². The Labute approximate surface area is 118 Å². The molecule has 0 saturated carbocycles. The van der Waals surface area contributed by atoms with Gasteiger partial charge in [-0.3, -0.25) is 0 Å². The van der Waals surface area contributed by atoms with E-state index in [9.17, 15) is 9.50 Å². The summed E-state index contributed by atoms with van der Waals surface area (Å²) in [6, 6.07) is 6.49. The van der Waals surface area contributed by atoms with E-state index in [0.717, 1.165) is 26.2 Å². The molecule has 2 unspecified atom stereocenters. The zero-order valence-electron chi connectivity index (χ0n) is 11.6. The molecule has 0 aromatic heterocycles. The summed E-state index contributed by atoms with van der Waals surface area (Å²) in [4.78, 5) is 0. The van der Waals surface area contributed by atoms with Crippen LogP contribution < -0.4 is 5.32 Å². The predicted octanol–water partition coefficient (Wildman–Crippen LogP) is 1.33. The van der Waals surface area contributed by atoms with Gasteiger partial charge < -0.3 is 19.9 Å². The van der Waals surface area contributed by atoms with Crippen LogP contribution >= 0.6 is 0 Å². The number of halogens is 1. The van der Waals surface area contributed by atoms with Crippen molar-refractivity contribution in [3.05, 3.63) is 35.6 Å². The van der Waals surface area contributed by atoms with Crippen molar-refractivity contribution in [2.45, 2.75) is 19.1 Å². The van der Waals surface area contributed by atoms with Crippen LogP contribution in [-0.4, -0.2) is 44.1 Å². The highest BCUT2D eigenvalue weighted by molar-refractivity contribution is 5.16. The Bertz CT molecular complexity index is 396.